The molecule has 0 aliphatic carbocycles. The number of nitrogens with two attached hydrogens (primary N) is 1. The molecule has 2 unspecified atom stereocenters. The Hall–Kier alpha value is -1.57. The topological polar surface area (TPSA) is 92.9 Å². The normalized spacial score (nSPS) is 31.3. The minimum Gasteiger partial charge on any atom is -0.459 e. The molecule has 6 nitrogen and oxygen atoms in total. The molecule has 0 spiro atoms. The third-order valence-corrected chi connectivity index (χ3v) is 5.08. The van der Waals surface area contributed by atoms with Crippen molar-refractivity contribution in [1.82, 2.24) is 4.90 Å². The van der Waals surface area contributed by atoms with Gasteiger partial charge < -0.3 is 20.5 Å². The molecule has 2 saturated heterocycles. The molecule has 0 bridgehead atoms. The molecule has 4 atom stereocenters. The van der Waals surface area contributed by atoms with E-state index in [2.05, 4.69) is 0 Å². The van der Waals surface area contributed by atoms with Crippen LogP contribution in [-0.2, 0) is 20.9 Å². The smallest absolute Gasteiger partial charge is 0.331 e. The van der Waals surface area contributed by atoms with Gasteiger partial charge in [0, 0.05) is 5.75 Å². The van der Waals surface area contributed by atoms with Crippen LogP contribution in [0.5, 0.6) is 0 Å². The van der Waals surface area contributed by atoms with Gasteiger partial charge >= 0.3 is 5.97 Å². The summed E-state index contributed by atoms with van der Waals surface area (Å²) in [4.78, 5) is 25.3. The zero-order chi connectivity index (χ0) is 15.0. The maximum absolute atomic E-state index is 12.2. The minimum atomic E-state index is -0.952. The molecule has 2 aliphatic heterocycles. The average Bonchev–Trinajstić information content (AvgIpc) is 2.52. The van der Waals surface area contributed by atoms with E-state index < -0.39 is 24.2 Å². The molecular weight excluding hydrogens is 292 g/mol. The van der Waals surface area contributed by atoms with E-state index in [1.807, 2.05) is 30.3 Å². The summed E-state index contributed by atoms with van der Waals surface area (Å²) in [7, 11) is 0. The number of ether oxygens (including phenoxy) is 1. The number of aliphatic hydroxyl groups is 1. The van der Waals surface area contributed by atoms with Crippen molar-refractivity contribution >= 4 is 23.6 Å². The minimum absolute atomic E-state index is 0.120. The van der Waals surface area contributed by atoms with Gasteiger partial charge in [-0.3, -0.25) is 4.79 Å². The van der Waals surface area contributed by atoms with Crippen LogP contribution in [0.4, 0.5) is 0 Å². The van der Waals surface area contributed by atoms with Crippen molar-refractivity contribution in [2.24, 2.45) is 5.73 Å². The summed E-state index contributed by atoms with van der Waals surface area (Å²) in [5.74, 6) is -0.530. The van der Waals surface area contributed by atoms with Gasteiger partial charge in [-0.15, -0.1) is 11.8 Å². The molecular formula is C14H16N2O4S. The SMILES string of the molecule is N[C@@H]1C(=O)N2C(C(=O)OCc3ccccc3)C(O)CS[C@@H]12. The van der Waals surface area contributed by atoms with Crippen LogP contribution in [0, 0.1) is 0 Å². The lowest BCUT2D eigenvalue weighted by molar-refractivity contribution is -0.170. The van der Waals surface area contributed by atoms with Crippen LogP contribution >= 0.6 is 11.8 Å². The first-order chi connectivity index (χ1) is 10.1. The molecule has 2 fully saturated rings. The van der Waals surface area contributed by atoms with Crippen LogP contribution in [0.1, 0.15) is 5.56 Å². The van der Waals surface area contributed by atoms with Gasteiger partial charge in [0.2, 0.25) is 5.91 Å². The summed E-state index contributed by atoms with van der Waals surface area (Å²) < 4.78 is 5.23. The van der Waals surface area contributed by atoms with Gasteiger partial charge in [0.25, 0.3) is 0 Å². The lowest BCUT2D eigenvalue weighted by Gasteiger charge is -2.52. The highest BCUT2D eigenvalue weighted by atomic mass is 32.2. The van der Waals surface area contributed by atoms with Gasteiger partial charge in [-0.2, -0.15) is 0 Å². The van der Waals surface area contributed by atoms with E-state index in [0.717, 1.165) is 5.56 Å². The summed E-state index contributed by atoms with van der Waals surface area (Å²) in [6.07, 6.45) is -0.925. The summed E-state index contributed by atoms with van der Waals surface area (Å²) in [6, 6.07) is 7.71. The number of amides is 1. The lowest BCUT2D eigenvalue weighted by atomic mass is 10.0. The number of hydrogen-bond donors (Lipinski definition) is 2. The Morgan fingerprint density at radius 2 is 2.14 bits per heavy atom. The maximum atomic E-state index is 12.2. The highest BCUT2D eigenvalue weighted by molar-refractivity contribution is 8.00. The molecule has 0 radical (unpaired) electrons. The van der Waals surface area contributed by atoms with E-state index in [0.29, 0.717) is 5.75 Å². The van der Waals surface area contributed by atoms with Crippen molar-refractivity contribution < 1.29 is 19.4 Å². The van der Waals surface area contributed by atoms with Crippen LogP contribution in [0.2, 0.25) is 0 Å². The fraction of sp³-hybridized carbons (Fsp3) is 0.429. The number of β-lactam (4-membered cyclic amide) rings is 1. The number of fused-ring (bicyclic) bond motifs is 1. The number of aliphatic hydroxyl groups excluding tert-OH is 1. The van der Waals surface area contributed by atoms with Crippen LogP contribution < -0.4 is 5.73 Å². The van der Waals surface area contributed by atoms with Gasteiger partial charge in [0.1, 0.15) is 18.0 Å². The monoisotopic (exact) mass is 308 g/mol. The number of nitrogens with zero attached hydrogens (tertiary/aromatic N) is 1. The second-order valence-electron chi connectivity index (χ2n) is 5.10. The third-order valence-electron chi connectivity index (χ3n) is 3.69. The Balaban J connectivity index is 1.66. The molecule has 21 heavy (non-hydrogen) atoms. The molecule has 112 valence electrons. The Morgan fingerprint density at radius 1 is 1.43 bits per heavy atom. The van der Waals surface area contributed by atoms with Crippen LogP contribution in [0.15, 0.2) is 30.3 Å². The van der Waals surface area contributed by atoms with Crippen molar-refractivity contribution in [2.75, 3.05) is 5.75 Å². The molecule has 2 aliphatic rings. The van der Waals surface area contributed by atoms with Gasteiger partial charge in [-0.1, -0.05) is 30.3 Å². The first-order valence-corrected chi connectivity index (χ1v) is 7.72. The van der Waals surface area contributed by atoms with Crippen molar-refractivity contribution in [3.05, 3.63) is 35.9 Å². The zero-order valence-corrected chi connectivity index (χ0v) is 12.0. The van der Waals surface area contributed by atoms with Gasteiger partial charge in [-0.05, 0) is 5.56 Å². The summed E-state index contributed by atoms with van der Waals surface area (Å²) in [5.41, 5.74) is 6.56. The quantitative estimate of drug-likeness (QED) is 0.588. The highest BCUT2D eigenvalue weighted by Gasteiger charge is 2.56. The van der Waals surface area contributed by atoms with Crippen molar-refractivity contribution in [3.63, 3.8) is 0 Å². The van der Waals surface area contributed by atoms with E-state index >= 15 is 0 Å². The third kappa shape index (κ3) is 2.52. The van der Waals surface area contributed by atoms with Crippen LogP contribution in [0.25, 0.3) is 0 Å². The molecule has 1 amide bonds. The summed E-state index contributed by atoms with van der Waals surface area (Å²) in [5, 5.41) is 9.77. The molecule has 0 saturated carbocycles. The highest BCUT2D eigenvalue weighted by Crippen LogP contribution is 2.37. The van der Waals surface area contributed by atoms with Crippen LogP contribution in [0.3, 0.4) is 0 Å². The molecule has 3 N–H and O–H groups in total. The number of thioether (sulfide) groups is 1. The standard InChI is InChI=1S/C14H16N2O4S/c15-10-12(18)16-11(9(17)7-21-13(10)16)14(19)20-6-8-4-2-1-3-5-8/h1-5,9-11,13,17H,6-7,15H2/t9?,10-,11?,13+/m1/s1. The second kappa shape index (κ2) is 5.67. The Bertz CT molecular complexity index is 553. The van der Waals surface area contributed by atoms with Gasteiger partial charge in [-0.25, -0.2) is 4.79 Å². The number of carbonyl (C=O) groups is 2. The fourth-order valence-electron chi connectivity index (χ4n) is 2.55. The van der Waals surface area contributed by atoms with Gasteiger partial charge in [0.05, 0.1) is 6.10 Å². The Morgan fingerprint density at radius 3 is 2.86 bits per heavy atom. The maximum Gasteiger partial charge on any atom is 0.331 e. The van der Waals surface area contributed by atoms with Crippen molar-refractivity contribution in [3.8, 4) is 0 Å². The van der Waals surface area contributed by atoms with Crippen molar-refractivity contribution in [1.29, 1.82) is 0 Å². The Labute approximate surface area is 126 Å². The van der Waals surface area contributed by atoms with Crippen LogP contribution in [-0.4, -0.2) is 51.2 Å². The molecule has 2 heterocycles. The molecule has 0 aromatic heterocycles. The van der Waals surface area contributed by atoms with E-state index in [4.69, 9.17) is 10.5 Å². The molecule has 7 heteroatoms. The molecule has 3 rings (SSSR count). The van der Waals surface area contributed by atoms with Crippen molar-refractivity contribution in [2.45, 2.75) is 30.2 Å². The first-order valence-electron chi connectivity index (χ1n) is 6.67. The first kappa shape index (κ1) is 14.4. The number of rotatable bonds is 3. The van der Waals surface area contributed by atoms with E-state index in [1.54, 1.807) is 0 Å². The summed E-state index contributed by atoms with van der Waals surface area (Å²) in [6.45, 7) is 0.120. The summed E-state index contributed by atoms with van der Waals surface area (Å²) >= 11 is 1.39. The number of carbonyl (C=O) groups excluding carboxylic acids is 2. The number of hydrogen-bond acceptors (Lipinski definition) is 6. The zero-order valence-electron chi connectivity index (χ0n) is 11.2. The van der Waals surface area contributed by atoms with E-state index in [9.17, 15) is 14.7 Å². The largest absolute Gasteiger partial charge is 0.459 e. The average molecular weight is 308 g/mol. The number of esters is 1. The van der Waals surface area contributed by atoms with E-state index in [-0.39, 0.29) is 17.9 Å². The Kier molecular flexibility index (Phi) is 3.88. The molecule has 1 aromatic carbocycles. The fourth-order valence-corrected chi connectivity index (χ4v) is 3.84. The van der Waals surface area contributed by atoms with E-state index in [1.165, 1.54) is 16.7 Å². The molecule has 1 aromatic rings. The number of benzene rings is 1. The lowest BCUT2D eigenvalue weighted by Crippen LogP contribution is -2.75. The predicted molar refractivity (Wildman–Crippen MR) is 77.1 cm³/mol. The predicted octanol–water partition coefficient (Wildman–Crippen LogP) is -0.298. The second-order valence-corrected chi connectivity index (χ2v) is 6.25. The van der Waals surface area contributed by atoms with Gasteiger partial charge in [0.15, 0.2) is 6.04 Å².